The first-order valence-corrected chi connectivity index (χ1v) is 14.8. The molecule has 4 nitrogen and oxygen atoms in total. The molecule has 4 heteroatoms. The molecule has 0 heterocycles. The standard InChI is InChI=1S/C33H52O4/c1-7-8-9-17-28-24-30(36-32(34-5)20-10-11-21-32)29(19-18-27(4)16-14-15-26(2)3)31(25-28)37-33(35-6)22-12-13-23-33/h15,18,24-25H,7-14,16-17,19-23H2,1-6H3/b27-18+. The Hall–Kier alpha value is -1.78. The third-order valence-corrected chi connectivity index (χ3v) is 8.11. The highest BCUT2D eigenvalue weighted by Crippen LogP contribution is 2.43. The van der Waals surface area contributed by atoms with Crippen molar-refractivity contribution in [3.05, 3.63) is 46.6 Å². The molecule has 0 atom stereocenters. The van der Waals surface area contributed by atoms with E-state index >= 15 is 0 Å². The van der Waals surface area contributed by atoms with E-state index in [9.17, 15) is 0 Å². The zero-order valence-electron chi connectivity index (χ0n) is 24.5. The molecule has 0 aromatic heterocycles. The second-order valence-electron chi connectivity index (χ2n) is 11.5. The minimum atomic E-state index is -0.539. The molecule has 0 N–H and O–H groups in total. The third kappa shape index (κ3) is 8.61. The van der Waals surface area contributed by atoms with Gasteiger partial charge in [0, 0.05) is 45.5 Å². The number of allylic oxidation sites excluding steroid dienone is 4. The normalized spacial score (nSPS) is 18.7. The molecule has 2 fully saturated rings. The van der Waals surface area contributed by atoms with Crippen molar-refractivity contribution in [2.45, 2.75) is 136 Å². The minimum absolute atomic E-state index is 0.539. The first-order chi connectivity index (χ1) is 17.8. The van der Waals surface area contributed by atoms with E-state index < -0.39 is 11.6 Å². The van der Waals surface area contributed by atoms with Gasteiger partial charge in [-0.2, -0.15) is 0 Å². The molecule has 0 amide bonds. The van der Waals surface area contributed by atoms with E-state index in [2.05, 4.69) is 52.0 Å². The quantitative estimate of drug-likeness (QED) is 0.133. The summed E-state index contributed by atoms with van der Waals surface area (Å²) < 4.78 is 25.7. The molecule has 0 bridgehead atoms. The number of hydrogen-bond acceptors (Lipinski definition) is 4. The summed E-state index contributed by atoms with van der Waals surface area (Å²) >= 11 is 0. The molecule has 3 rings (SSSR count). The molecule has 0 saturated heterocycles. The van der Waals surface area contributed by atoms with Gasteiger partial charge in [0.05, 0.1) is 0 Å². The van der Waals surface area contributed by atoms with Gasteiger partial charge in [-0.15, -0.1) is 0 Å². The number of aryl methyl sites for hydroxylation is 1. The van der Waals surface area contributed by atoms with Crippen molar-refractivity contribution in [2.24, 2.45) is 0 Å². The highest BCUT2D eigenvalue weighted by Gasteiger charge is 2.39. The fraction of sp³-hybridized carbons (Fsp3) is 0.697. The maximum atomic E-state index is 6.83. The van der Waals surface area contributed by atoms with Crippen molar-refractivity contribution in [1.29, 1.82) is 0 Å². The van der Waals surface area contributed by atoms with E-state index in [0.717, 1.165) is 94.1 Å². The third-order valence-electron chi connectivity index (χ3n) is 8.11. The second-order valence-corrected chi connectivity index (χ2v) is 11.5. The fourth-order valence-electron chi connectivity index (χ4n) is 5.67. The molecule has 0 unspecified atom stereocenters. The predicted octanol–water partition coefficient (Wildman–Crippen LogP) is 9.25. The number of ether oxygens (including phenoxy) is 4. The molecule has 0 aliphatic heterocycles. The van der Waals surface area contributed by atoms with Crippen molar-refractivity contribution < 1.29 is 18.9 Å². The number of unbranched alkanes of at least 4 members (excludes halogenated alkanes) is 2. The van der Waals surface area contributed by atoms with Gasteiger partial charge in [0.2, 0.25) is 11.6 Å². The molecule has 2 saturated carbocycles. The van der Waals surface area contributed by atoms with E-state index in [1.807, 2.05) is 0 Å². The van der Waals surface area contributed by atoms with Crippen LogP contribution in [0.3, 0.4) is 0 Å². The Morgan fingerprint density at radius 2 is 1.35 bits per heavy atom. The number of hydrogen-bond donors (Lipinski definition) is 0. The molecule has 0 radical (unpaired) electrons. The molecular formula is C33H52O4. The summed E-state index contributed by atoms with van der Waals surface area (Å²) in [5.74, 6) is 0.765. The lowest BCUT2D eigenvalue weighted by molar-refractivity contribution is -0.161. The molecule has 1 aromatic rings. The van der Waals surface area contributed by atoms with Crippen LogP contribution >= 0.6 is 0 Å². The number of methoxy groups -OCH3 is 2. The summed E-state index contributed by atoms with van der Waals surface area (Å²) in [5, 5.41) is 0. The first kappa shape index (κ1) is 29.8. The van der Waals surface area contributed by atoms with Gasteiger partial charge in [0.15, 0.2) is 0 Å². The Morgan fingerprint density at radius 3 is 1.81 bits per heavy atom. The smallest absolute Gasteiger partial charge is 0.210 e. The predicted molar refractivity (Wildman–Crippen MR) is 153 cm³/mol. The summed E-state index contributed by atoms with van der Waals surface area (Å²) in [7, 11) is 3.58. The van der Waals surface area contributed by atoms with Gasteiger partial charge in [-0.3, -0.25) is 0 Å². The van der Waals surface area contributed by atoms with Crippen molar-refractivity contribution in [1.82, 2.24) is 0 Å². The van der Waals surface area contributed by atoms with Crippen LogP contribution in [-0.2, 0) is 22.3 Å². The van der Waals surface area contributed by atoms with Crippen LogP contribution in [0.1, 0.15) is 122 Å². The largest absolute Gasteiger partial charge is 0.462 e. The van der Waals surface area contributed by atoms with Crippen LogP contribution in [0.25, 0.3) is 0 Å². The van der Waals surface area contributed by atoms with E-state index in [1.165, 1.54) is 36.0 Å². The van der Waals surface area contributed by atoms with Crippen LogP contribution in [0.2, 0.25) is 0 Å². The molecule has 2 aliphatic carbocycles. The van der Waals surface area contributed by atoms with Gasteiger partial charge in [0.25, 0.3) is 0 Å². The van der Waals surface area contributed by atoms with Gasteiger partial charge in [-0.05, 0) is 96.3 Å². The van der Waals surface area contributed by atoms with E-state index in [-0.39, 0.29) is 0 Å². The van der Waals surface area contributed by atoms with E-state index in [0.29, 0.717) is 0 Å². The Morgan fingerprint density at radius 1 is 0.811 bits per heavy atom. The Balaban J connectivity index is 2.00. The highest BCUT2D eigenvalue weighted by molar-refractivity contribution is 5.50. The van der Waals surface area contributed by atoms with Crippen molar-refractivity contribution in [3.8, 4) is 11.5 Å². The molecule has 208 valence electrons. The van der Waals surface area contributed by atoms with Crippen LogP contribution in [0.5, 0.6) is 11.5 Å². The first-order valence-electron chi connectivity index (χ1n) is 14.8. The van der Waals surface area contributed by atoms with Crippen LogP contribution < -0.4 is 9.47 Å². The van der Waals surface area contributed by atoms with Crippen molar-refractivity contribution >= 4 is 0 Å². The van der Waals surface area contributed by atoms with Gasteiger partial charge in [-0.1, -0.05) is 43.1 Å². The van der Waals surface area contributed by atoms with E-state index in [4.69, 9.17) is 18.9 Å². The maximum Gasteiger partial charge on any atom is 0.210 e. The topological polar surface area (TPSA) is 36.9 Å². The minimum Gasteiger partial charge on any atom is -0.462 e. The molecular weight excluding hydrogens is 460 g/mol. The molecule has 0 spiro atoms. The van der Waals surface area contributed by atoms with Gasteiger partial charge in [-0.25, -0.2) is 0 Å². The summed E-state index contributed by atoms with van der Waals surface area (Å²) in [4.78, 5) is 0. The van der Waals surface area contributed by atoms with Crippen LogP contribution in [-0.4, -0.2) is 25.8 Å². The Kier molecular flexibility index (Phi) is 11.6. The lowest BCUT2D eigenvalue weighted by atomic mass is 9.99. The lowest BCUT2D eigenvalue weighted by Crippen LogP contribution is -2.36. The molecule has 37 heavy (non-hydrogen) atoms. The summed E-state index contributed by atoms with van der Waals surface area (Å²) in [6.07, 6.45) is 20.5. The van der Waals surface area contributed by atoms with Crippen LogP contribution in [0, 0.1) is 0 Å². The molecule has 2 aliphatic rings. The average Bonchev–Trinajstić information content (AvgIpc) is 3.54. The number of benzene rings is 1. The lowest BCUT2D eigenvalue weighted by Gasteiger charge is -2.33. The van der Waals surface area contributed by atoms with Gasteiger partial charge in [0.1, 0.15) is 11.5 Å². The monoisotopic (exact) mass is 512 g/mol. The summed E-state index contributed by atoms with van der Waals surface area (Å²) in [6, 6.07) is 4.52. The zero-order chi connectivity index (χ0) is 26.7. The number of rotatable bonds is 15. The SMILES string of the molecule is CCCCCc1cc(OC2(OC)CCCC2)c(C/C=C(\C)CCC=C(C)C)c(OC2(OC)CCCC2)c1. The second kappa shape index (κ2) is 14.4. The van der Waals surface area contributed by atoms with Crippen LogP contribution in [0.4, 0.5) is 0 Å². The maximum absolute atomic E-state index is 6.83. The molecule has 1 aromatic carbocycles. The van der Waals surface area contributed by atoms with E-state index in [1.54, 1.807) is 14.2 Å². The van der Waals surface area contributed by atoms with Gasteiger partial charge < -0.3 is 18.9 Å². The van der Waals surface area contributed by atoms with Crippen molar-refractivity contribution in [3.63, 3.8) is 0 Å². The highest BCUT2D eigenvalue weighted by atomic mass is 16.7. The summed E-state index contributed by atoms with van der Waals surface area (Å²) in [6.45, 7) is 8.82. The van der Waals surface area contributed by atoms with Crippen molar-refractivity contribution in [2.75, 3.05) is 14.2 Å². The zero-order valence-corrected chi connectivity index (χ0v) is 24.5. The average molecular weight is 513 g/mol. The Labute approximate surface area is 226 Å². The summed E-state index contributed by atoms with van der Waals surface area (Å²) in [5.41, 5.74) is 5.17. The Bertz CT molecular complexity index is 850. The van der Waals surface area contributed by atoms with Gasteiger partial charge >= 0.3 is 0 Å². The fourth-order valence-corrected chi connectivity index (χ4v) is 5.67. The van der Waals surface area contributed by atoms with Crippen LogP contribution in [0.15, 0.2) is 35.4 Å².